The highest BCUT2D eigenvalue weighted by atomic mass is 31.2. The summed E-state index contributed by atoms with van der Waals surface area (Å²) in [6, 6.07) is 0. The highest BCUT2D eigenvalue weighted by Gasteiger charge is 2.24. The van der Waals surface area contributed by atoms with Gasteiger partial charge in [-0.3, -0.25) is 18.6 Å². The Labute approximate surface area is 321 Å². The molecular weight excluding hydrogens is 675 g/mol. The lowest BCUT2D eigenvalue weighted by molar-refractivity contribution is -0.161. The fraction of sp³-hybridized carbons (Fsp3) is 0.953. The first-order valence-electron chi connectivity index (χ1n) is 22.2. The lowest BCUT2D eigenvalue weighted by Gasteiger charge is -2.19. The summed E-state index contributed by atoms with van der Waals surface area (Å²) in [5.74, 6) is -0.785. The Hall–Kier alpha value is -0.950. The van der Waals surface area contributed by atoms with Gasteiger partial charge in [0.15, 0.2) is 6.10 Å². The lowest BCUT2D eigenvalue weighted by Crippen LogP contribution is -2.29. The molecule has 0 saturated carbocycles. The van der Waals surface area contributed by atoms with Crippen molar-refractivity contribution in [2.24, 2.45) is 0 Å². The van der Waals surface area contributed by atoms with Gasteiger partial charge < -0.3 is 14.4 Å². The third kappa shape index (κ3) is 38.8. The molecule has 0 aliphatic carbocycles. The second-order valence-corrected chi connectivity index (χ2v) is 16.8. The van der Waals surface area contributed by atoms with Crippen molar-refractivity contribution >= 4 is 19.8 Å². The monoisotopic (exact) mass is 761 g/mol. The van der Waals surface area contributed by atoms with Crippen LogP contribution in [0.15, 0.2) is 0 Å². The number of carbonyl (C=O) groups excluding carboxylic acids is 2. The third-order valence-corrected chi connectivity index (χ3v) is 11.0. The van der Waals surface area contributed by atoms with E-state index in [0.717, 1.165) is 45.6 Å². The van der Waals surface area contributed by atoms with E-state index < -0.39 is 26.5 Å². The second kappa shape index (κ2) is 39.7. The van der Waals surface area contributed by atoms with Crippen LogP contribution in [0.2, 0.25) is 0 Å². The molecule has 8 nitrogen and oxygen atoms in total. The molecule has 2 unspecified atom stereocenters. The van der Waals surface area contributed by atoms with Crippen molar-refractivity contribution in [3.05, 3.63) is 0 Å². The molecule has 310 valence electrons. The van der Waals surface area contributed by atoms with Crippen LogP contribution in [0.25, 0.3) is 0 Å². The fourth-order valence-corrected chi connectivity index (χ4v) is 7.12. The SMILES string of the molecule is CCCCCCCCCCCCCCCCCCCCC(=O)OC(COC(=O)CCCCCCCCCCCCCCCCC)COP(=O)(O)OC. The van der Waals surface area contributed by atoms with Crippen LogP contribution in [0.5, 0.6) is 0 Å². The molecule has 0 rings (SSSR count). The molecule has 0 heterocycles. The number of hydrogen-bond acceptors (Lipinski definition) is 7. The largest absolute Gasteiger partial charge is 0.472 e. The molecule has 0 spiro atoms. The van der Waals surface area contributed by atoms with Crippen LogP contribution in [0.3, 0.4) is 0 Å². The first kappa shape index (κ1) is 51.0. The average molecular weight is 761 g/mol. The van der Waals surface area contributed by atoms with Gasteiger partial charge in [-0.25, -0.2) is 4.57 Å². The van der Waals surface area contributed by atoms with Crippen molar-refractivity contribution in [3.63, 3.8) is 0 Å². The molecule has 0 bridgehead atoms. The normalized spacial score (nSPS) is 13.2. The Kier molecular flexibility index (Phi) is 39.0. The highest BCUT2D eigenvalue weighted by molar-refractivity contribution is 7.47. The summed E-state index contributed by atoms with van der Waals surface area (Å²) in [4.78, 5) is 34.5. The lowest BCUT2D eigenvalue weighted by atomic mass is 10.0. The minimum absolute atomic E-state index is 0.216. The summed E-state index contributed by atoms with van der Waals surface area (Å²) >= 11 is 0. The number of phosphoric acid groups is 1. The van der Waals surface area contributed by atoms with E-state index in [1.165, 1.54) is 173 Å². The summed E-state index contributed by atoms with van der Waals surface area (Å²) in [6.45, 7) is 3.93. The Bertz CT molecular complexity index is 823. The Morgan fingerprint density at radius 2 is 0.750 bits per heavy atom. The van der Waals surface area contributed by atoms with Crippen molar-refractivity contribution in [2.75, 3.05) is 20.3 Å². The van der Waals surface area contributed by atoms with E-state index in [0.29, 0.717) is 6.42 Å². The van der Waals surface area contributed by atoms with E-state index in [1.807, 2.05) is 0 Å². The van der Waals surface area contributed by atoms with Gasteiger partial charge in [-0.2, -0.15) is 0 Å². The molecule has 0 aromatic carbocycles. The summed E-state index contributed by atoms with van der Waals surface area (Å²) in [5.41, 5.74) is 0. The van der Waals surface area contributed by atoms with Crippen molar-refractivity contribution in [1.29, 1.82) is 0 Å². The van der Waals surface area contributed by atoms with Crippen molar-refractivity contribution < 1.29 is 37.6 Å². The molecule has 0 aliphatic rings. The van der Waals surface area contributed by atoms with Gasteiger partial charge in [0, 0.05) is 20.0 Å². The summed E-state index contributed by atoms with van der Waals surface area (Å²) in [5, 5.41) is 0. The first-order valence-corrected chi connectivity index (χ1v) is 23.7. The molecule has 2 atom stereocenters. The predicted molar refractivity (Wildman–Crippen MR) is 217 cm³/mol. The van der Waals surface area contributed by atoms with Crippen molar-refractivity contribution in [1.82, 2.24) is 0 Å². The summed E-state index contributed by atoms with van der Waals surface area (Å²) in [7, 11) is -3.19. The molecule has 0 aromatic heterocycles. The van der Waals surface area contributed by atoms with E-state index in [1.54, 1.807) is 0 Å². The quantitative estimate of drug-likeness (QED) is 0.0372. The van der Waals surface area contributed by atoms with E-state index in [2.05, 4.69) is 18.4 Å². The van der Waals surface area contributed by atoms with Crippen LogP contribution in [0.1, 0.15) is 239 Å². The maximum absolute atomic E-state index is 12.5. The van der Waals surface area contributed by atoms with Gasteiger partial charge in [0.1, 0.15) is 6.61 Å². The summed E-state index contributed by atoms with van der Waals surface area (Å²) in [6.07, 6.45) is 41.5. The minimum atomic E-state index is -4.25. The standard InChI is InChI=1S/C43H85O8P/c1-4-6-8-10-12-14-16-18-20-21-22-24-26-28-30-32-34-36-38-43(45)51-41(40-50-52(46,47)48-3)39-49-42(44)37-35-33-31-29-27-25-23-19-17-15-13-11-9-7-5-2/h41H,4-40H2,1-3H3,(H,46,47). The van der Waals surface area contributed by atoms with Crippen LogP contribution < -0.4 is 0 Å². The van der Waals surface area contributed by atoms with Gasteiger partial charge in [-0.1, -0.05) is 213 Å². The van der Waals surface area contributed by atoms with Crippen LogP contribution >= 0.6 is 7.82 Å². The third-order valence-electron chi connectivity index (χ3n) is 10.1. The van der Waals surface area contributed by atoms with Gasteiger partial charge in [-0.05, 0) is 12.8 Å². The molecule has 0 aromatic rings. The van der Waals surface area contributed by atoms with E-state index in [9.17, 15) is 19.0 Å². The van der Waals surface area contributed by atoms with Crippen LogP contribution in [-0.2, 0) is 32.7 Å². The fourth-order valence-electron chi connectivity index (χ4n) is 6.66. The molecule has 1 N–H and O–H groups in total. The van der Waals surface area contributed by atoms with E-state index in [4.69, 9.17) is 14.0 Å². The first-order chi connectivity index (χ1) is 25.3. The Balaban J connectivity index is 3.92. The molecule has 9 heteroatoms. The number of unbranched alkanes of at least 4 members (excludes halogenated alkanes) is 31. The predicted octanol–water partition coefficient (Wildman–Crippen LogP) is 13.9. The number of carbonyl (C=O) groups is 2. The number of hydrogen-bond donors (Lipinski definition) is 1. The smallest absolute Gasteiger partial charge is 0.462 e. The number of ether oxygens (including phenoxy) is 2. The van der Waals surface area contributed by atoms with Gasteiger partial charge in [0.2, 0.25) is 0 Å². The van der Waals surface area contributed by atoms with Crippen LogP contribution in [0.4, 0.5) is 0 Å². The molecule has 0 amide bonds. The Morgan fingerprint density at radius 3 is 1.06 bits per heavy atom. The zero-order valence-corrected chi connectivity index (χ0v) is 35.4. The van der Waals surface area contributed by atoms with Crippen LogP contribution in [0, 0.1) is 0 Å². The van der Waals surface area contributed by atoms with E-state index in [-0.39, 0.29) is 19.0 Å². The number of rotatable bonds is 42. The van der Waals surface area contributed by atoms with Crippen molar-refractivity contribution in [2.45, 2.75) is 245 Å². The van der Waals surface area contributed by atoms with Crippen molar-refractivity contribution in [3.8, 4) is 0 Å². The zero-order chi connectivity index (χ0) is 38.2. The highest BCUT2D eigenvalue weighted by Crippen LogP contribution is 2.42. The van der Waals surface area contributed by atoms with Gasteiger partial charge in [-0.15, -0.1) is 0 Å². The maximum atomic E-state index is 12.5. The Morgan fingerprint density at radius 1 is 0.462 bits per heavy atom. The molecule has 0 fully saturated rings. The topological polar surface area (TPSA) is 108 Å². The van der Waals surface area contributed by atoms with Gasteiger partial charge in [0.05, 0.1) is 6.61 Å². The minimum Gasteiger partial charge on any atom is -0.462 e. The van der Waals surface area contributed by atoms with Crippen LogP contribution in [-0.4, -0.2) is 43.3 Å². The number of phosphoric ester groups is 1. The maximum Gasteiger partial charge on any atom is 0.472 e. The molecule has 52 heavy (non-hydrogen) atoms. The average Bonchev–Trinajstić information content (AvgIpc) is 3.13. The van der Waals surface area contributed by atoms with Gasteiger partial charge >= 0.3 is 19.8 Å². The molecular formula is C43H85O8P. The second-order valence-electron chi connectivity index (χ2n) is 15.2. The zero-order valence-electron chi connectivity index (χ0n) is 34.5. The summed E-state index contributed by atoms with van der Waals surface area (Å²) < 4.78 is 32.0. The molecule has 0 saturated heterocycles. The molecule has 0 aliphatic heterocycles. The van der Waals surface area contributed by atoms with E-state index >= 15 is 0 Å². The molecule has 0 radical (unpaired) electrons. The number of esters is 2. The van der Waals surface area contributed by atoms with Gasteiger partial charge in [0.25, 0.3) is 0 Å².